The lowest BCUT2D eigenvalue weighted by Crippen LogP contribution is -2.18. The van der Waals surface area contributed by atoms with Crippen molar-refractivity contribution in [2.75, 3.05) is 19.1 Å². The van der Waals surface area contributed by atoms with Gasteiger partial charge < -0.3 is 9.30 Å². The van der Waals surface area contributed by atoms with Gasteiger partial charge in [-0.25, -0.2) is 0 Å². The minimum Gasteiger partial charge on any atom is -0.497 e. The number of thiazole rings is 1. The summed E-state index contributed by atoms with van der Waals surface area (Å²) < 4.78 is 9.38. The number of halogens is 1. The van der Waals surface area contributed by atoms with Gasteiger partial charge in [-0.1, -0.05) is 33.3 Å². The van der Waals surface area contributed by atoms with Crippen molar-refractivity contribution in [2.24, 2.45) is 4.99 Å². The Morgan fingerprint density at radius 2 is 2.16 bits per heavy atom. The maximum absolute atomic E-state index is 12.6. The molecule has 0 spiro atoms. The van der Waals surface area contributed by atoms with Crippen molar-refractivity contribution in [2.45, 2.75) is 6.54 Å². The second kappa shape index (κ2) is 8.21. The van der Waals surface area contributed by atoms with E-state index in [1.54, 1.807) is 31.0 Å². The van der Waals surface area contributed by atoms with Crippen molar-refractivity contribution in [1.82, 2.24) is 4.57 Å². The van der Waals surface area contributed by atoms with Gasteiger partial charge in [-0.3, -0.25) is 4.79 Å². The minimum atomic E-state index is -0.238. The van der Waals surface area contributed by atoms with Crippen LogP contribution in [0.5, 0.6) is 5.75 Å². The summed E-state index contributed by atoms with van der Waals surface area (Å²) in [5.41, 5.74) is 1.61. The van der Waals surface area contributed by atoms with Crippen LogP contribution in [0.15, 0.2) is 51.9 Å². The number of methoxy groups -OCH3 is 1. The first-order valence-corrected chi connectivity index (χ1v) is 10.6. The lowest BCUT2D eigenvalue weighted by atomic mass is 10.2. The number of fused-ring (bicyclic) bond motifs is 1. The molecule has 0 saturated heterocycles. The molecular formula is C18H17BrN2O2S2. The number of hydrogen-bond donors (Lipinski definition) is 0. The number of aryl methyl sites for hydroxylation is 1. The Kier molecular flexibility index (Phi) is 5.98. The van der Waals surface area contributed by atoms with Crippen LogP contribution in [0.4, 0.5) is 0 Å². The molecule has 0 atom stereocenters. The van der Waals surface area contributed by atoms with E-state index in [9.17, 15) is 4.79 Å². The quantitative estimate of drug-likeness (QED) is 0.587. The number of carbonyl (C=O) groups is 1. The Balaban J connectivity index is 2.11. The number of nitrogens with zero attached hydrogens (tertiary/aromatic N) is 2. The van der Waals surface area contributed by atoms with E-state index in [1.165, 1.54) is 11.3 Å². The topological polar surface area (TPSA) is 43.6 Å². The molecule has 0 aliphatic rings. The second-order valence-electron chi connectivity index (χ2n) is 5.29. The monoisotopic (exact) mass is 436 g/mol. The zero-order chi connectivity index (χ0) is 17.8. The van der Waals surface area contributed by atoms with Crippen LogP contribution >= 0.6 is 39.0 Å². The first kappa shape index (κ1) is 18.2. The van der Waals surface area contributed by atoms with Gasteiger partial charge in [-0.05, 0) is 36.6 Å². The first-order chi connectivity index (χ1) is 12.1. The van der Waals surface area contributed by atoms with Crippen molar-refractivity contribution >= 4 is 55.2 Å². The van der Waals surface area contributed by atoms with E-state index in [0.29, 0.717) is 10.4 Å². The molecule has 0 bridgehead atoms. The van der Waals surface area contributed by atoms with Crippen LogP contribution in [0.2, 0.25) is 0 Å². The van der Waals surface area contributed by atoms with Gasteiger partial charge in [0.25, 0.3) is 5.91 Å². The Hall–Kier alpha value is -1.57. The van der Waals surface area contributed by atoms with Crippen LogP contribution in [0.25, 0.3) is 10.2 Å². The Bertz CT molecular complexity index is 979. The van der Waals surface area contributed by atoms with Gasteiger partial charge in [0.15, 0.2) is 4.80 Å². The zero-order valence-corrected chi connectivity index (χ0v) is 17.1. The molecule has 0 aliphatic heterocycles. The van der Waals surface area contributed by atoms with Gasteiger partial charge in [0.1, 0.15) is 5.75 Å². The van der Waals surface area contributed by atoms with E-state index < -0.39 is 0 Å². The molecule has 7 heteroatoms. The average Bonchev–Trinajstić information content (AvgIpc) is 2.96. The molecule has 2 aromatic carbocycles. The summed E-state index contributed by atoms with van der Waals surface area (Å²) in [7, 11) is 1.65. The largest absolute Gasteiger partial charge is 0.497 e. The summed E-state index contributed by atoms with van der Waals surface area (Å²) >= 11 is 6.68. The van der Waals surface area contributed by atoms with Crippen LogP contribution in [0.1, 0.15) is 10.4 Å². The van der Waals surface area contributed by atoms with Crippen molar-refractivity contribution in [3.63, 3.8) is 0 Å². The molecule has 3 rings (SSSR count). The van der Waals surface area contributed by atoms with Gasteiger partial charge in [0.2, 0.25) is 0 Å². The minimum absolute atomic E-state index is 0.238. The Morgan fingerprint density at radius 1 is 1.32 bits per heavy atom. The van der Waals surface area contributed by atoms with E-state index in [0.717, 1.165) is 32.7 Å². The van der Waals surface area contributed by atoms with Gasteiger partial charge in [-0.2, -0.15) is 16.8 Å². The predicted molar refractivity (Wildman–Crippen MR) is 109 cm³/mol. The fraction of sp³-hybridized carbons (Fsp3) is 0.222. The van der Waals surface area contributed by atoms with E-state index >= 15 is 0 Å². The molecule has 0 radical (unpaired) electrons. The highest BCUT2D eigenvalue weighted by molar-refractivity contribution is 9.10. The van der Waals surface area contributed by atoms with E-state index in [-0.39, 0.29) is 5.91 Å². The predicted octanol–water partition coefficient (Wildman–Crippen LogP) is 4.58. The van der Waals surface area contributed by atoms with Crippen molar-refractivity contribution in [1.29, 1.82) is 0 Å². The summed E-state index contributed by atoms with van der Waals surface area (Å²) in [4.78, 5) is 17.7. The highest BCUT2D eigenvalue weighted by Gasteiger charge is 2.10. The molecule has 1 amide bonds. The molecule has 3 aromatic rings. The molecule has 130 valence electrons. The van der Waals surface area contributed by atoms with Crippen molar-refractivity contribution in [3.05, 3.63) is 57.3 Å². The highest BCUT2D eigenvalue weighted by Crippen LogP contribution is 2.23. The Labute approximate surface area is 162 Å². The number of carbonyl (C=O) groups excluding carboxylic acids is 1. The number of amides is 1. The second-order valence-corrected chi connectivity index (χ2v) is 8.20. The van der Waals surface area contributed by atoms with Crippen molar-refractivity contribution < 1.29 is 9.53 Å². The van der Waals surface area contributed by atoms with Gasteiger partial charge in [-0.15, -0.1) is 0 Å². The van der Waals surface area contributed by atoms with E-state index in [2.05, 4.69) is 31.7 Å². The normalized spacial score (nSPS) is 11.9. The number of aromatic nitrogens is 1. The molecule has 25 heavy (non-hydrogen) atoms. The van der Waals surface area contributed by atoms with Crippen LogP contribution in [-0.4, -0.2) is 29.6 Å². The average molecular weight is 437 g/mol. The maximum atomic E-state index is 12.6. The van der Waals surface area contributed by atoms with Gasteiger partial charge >= 0.3 is 0 Å². The summed E-state index contributed by atoms with van der Waals surface area (Å²) in [5, 5.41) is 0. The number of ether oxygens (including phenoxy) is 1. The summed E-state index contributed by atoms with van der Waals surface area (Å²) in [6.45, 7) is 0.791. The molecule has 0 N–H and O–H groups in total. The van der Waals surface area contributed by atoms with Crippen LogP contribution in [0.3, 0.4) is 0 Å². The summed E-state index contributed by atoms with van der Waals surface area (Å²) in [6, 6.07) is 13.2. The van der Waals surface area contributed by atoms with E-state index in [4.69, 9.17) is 4.74 Å². The number of thioether (sulfide) groups is 1. The van der Waals surface area contributed by atoms with Crippen molar-refractivity contribution in [3.8, 4) is 5.75 Å². The number of hydrogen-bond acceptors (Lipinski definition) is 4. The maximum Gasteiger partial charge on any atom is 0.279 e. The van der Waals surface area contributed by atoms with Gasteiger partial charge in [0.05, 0.1) is 17.3 Å². The molecule has 0 unspecified atom stereocenters. The standard InChI is InChI=1S/C18H17BrN2O2S2/c1-23-14-6-7-16-15(11-14)21(8-9-24-2)18(25-16)20-17(22)12-4-3-5-13(19)10-12/h3-7,10-11H,8-9H2,1-2H3. The molecule has 0 fully saturated rings. The van der Waals surface area contributed by atoms with Gasteiger partial charge in [0, 0.05) is 28.4 Å². The molecule has 1 heterocycles. The fourth-order valence-corrected chi connectivity index (χ4v) is 4.23. The Morgan fingerprint density at radius 3 is 2.88 bits per heavy atom. The third kappa shape index (κ3) is 4.16. The van der Waals surface area contributed by atoms with Crippen LogP contribution in [-0.2, 0) is 6.54 Å². The fourth-order valence-electron chi connectivity index (χ4n) is 2.43. The molecule has 4 nitrogen and oxygen atoms in total. The molecule has 0 aliphatic carbocycles. The molecule has 1 aromatic heterocycles. The van der Waals surface area contributed by atoms with Crippen LogP contribution < -0.4 is 9.54 Å². The highest BCUT2D eigenvalue weighted by atomic mass is 79.9. The number of rotatable bonds is 5. The third-order valence-corrected chi connectivity index (χ3v) is 5.82. The third-order valence-electron chi connectivity index (χ3n) is 3.68. The lowest BCUT2D eigenvalue weighted by molar-refractivity contribution is 0.0998. The number of benzene rings is 2. The SMILES string of the molecule is COc1ccc2sc(=NC(=O)c3cccc(Br)c3)n(CCSC)c2c1. The summed E-state index contributed by atoms with van der Waals surface area (Å²) in [6.07, 6.45) is 2.07. The van der Waals surface area contributed by atoms with Crippen LogP contribution in [0, 0.1) is 0 Å². The first-order valence-electron chi connectivity index (χ1n) is 7.63. The van der Waals surface area contributed by atoms with E-state index in [1.807, 2.05) is 30.3 Å². The summed E-state index contributed by atoms with van der Waals surface area (Å²) in [5.74, 6) is 1.51. The molecular weight excluding hydrogens is 420 g/mol. The molecule has 0 saturated carbocycles. The lowest BCUT2D eigenvalue weighted by Gasteiger charge is -2.05. The zero-order valence-electron chi connectivity index (χ0n) is 13.9. The smallest absolute Gasteiger partial charge is 0.279 e.